The third-order valence-electron chi connectivity index (χ3n) is 5.59. The second-order valence-corrected chi connectivity index (χ2v) is 7.43. The summed E-state index contributed by atoms with van der Waals surface area (Å²) in [6.07, 6.45) is 8.83. The van der Waals surface area contributed by atoms with Gasteiger partial charge in [-0.2, -0.15) is 5.10 Å². The van der Waals surface area contributed by atoms with E-state index in [4.69, 9.17) is 4.42 Å². The topological polar surface area (TPSA) is 76.2 Å². The van der Waals surface area contributed by atoms with Crippen LogP contribution in [0.3, 0.4) is 0 Å². The second-order valence-electron chi connectivity index (χ2n) is 7.43. The zero-order valence-corrected chi connectivity index (χ0v) is 15.5. The van der Waals surface area contributed by atoms with Crippen molar-refractivity contribution < 1.29 is 9.21 Å². The molecule has 1 amide bonds. The molecule has 6 rings (SSSR count). The van der Waals surface area contributed by atoms with E-state index < -0.39 is 0 Å². The highest BCUT2D eigenvalue weighted by molar-refractivity contribution is 5.95. The summed E-state index contributed by atoms with van der Waals surface area (Å²) in [4.78, 5) is 19.3. The van der Waals surface area contributed by atoms with E-state index >= 15 is 0 Å². The zero-order valence-electron chi connectivity index (χ0n) is 15.5. The van der Waals surface area contributed by atoms with Gasteiger partial charge in [-0.1, -0.05) is 5.92 Å². The fourth-order valence-corrected chi connectivity index (χ4v) is 4.07. The molecule has 3 fully saturated rings. The molecule has 0 aromatic carbocycles. The predicted molar refractivity (Wildman–Crippen MR) is 103 cm³/mol. The first-order valence-corrected chi connectivity index (χ1v) is 9.65. The lowest BCUT2D eigenvalue weighted by molar-refractivity contribution is 0.0293. The van der Waals surface area contributed by atoms with Crippen LogP contribution in [0.5, 0.6) is 0 Å². The summed E-state index contributed by atoms with van der Waals surface area (Å²) in [6, 6.07) is 5.47. The number of hydrogen-bond acceptors (Lipinski definition) is 5. The van der Waals surface area contributed by atoms with Crippen molar-refractivity contribution in [2.24, 2.45) is 5.92 Å². The Kier molecular flexibility index (Phi) is 4.34. The van der Waals surface area contributed by atoms with Gasteiger partial charge in [-0.15, -0.1) is 0 Å². The molecule has 7 heteroatoms. The molecule has 28 heavy (non-hydrogen) atoms. The third kappa shape index (κ3) is 3.39. The van der Waals surface area contributed by atoms with Gasteiger partial charge in [0.25, 0.3) is 5.91 Å². The first kappa shape index (κ1) is 17.0. The van der Waals surface area contributed by atoms with Gasteiger partial charge in [-0.3, -0.25) is 14.4 Å². The summed E-state index contributed by atoms with van der Waals surface area (Å²) in [5.41, 5.74) is 1.03. The van der Waals surface area contributed by atoms with E-state index in [1.807, 2.05) is 18.3 Å². The van der Waals surface area contributed by atoms with Crippen LogP contribution in [0, 0.1) is 17.8 Å². The Bertz CT molecular complexity index is 1050. The molecule has 142 valence electrons. The lowest BCUT2D eigenvalue weighted by atomic mass is 9.86. The van der Waals surface area contributed by atoms with E-state index in [1.54, 1.807) is 23.1 Å². The van der Waals surface area contributed by atoms with Crippen molar-refractivity contribution in [1.82, 2.24) is 25.0 Å². The summed E-state index contributed by atoms with van der Waals surface area (Å²) in [7, 11) is 0. The van der Waals surface area contributed by atoms with Crippen LogP contribution in [0.15, 0.2) is 41.2 Å². The number of furan rings is 1. The van der Waals surface area contributed by atoms with E-state index in [2.05, 4.69) is 32.1 Å². The molecule has 1 N–H and O–H groups in total. The molecule has 3 saturated heterocycles. The average molecular weight is 375 g/mol. The fourth-order valence-electron chi connectivity index (χ4n) is 4.07. The smallest absolute Gasteiger partial charge is 0.271 e. The number of carbonyl (C=O) groups is 1. The minimum absolute atomic E-state index is 0.130. The fraction of sp³-hybridized carbons (Fsp3) is 0.381. The molecule has 1 unspecified atom stereocenters. The van der Waals surface area contributed by atoms with Crippen LogP contribution >= 0.6 is 0 Å². The number of hydrogen-bond donors (Lipinski definition) is 1. The van der Waals surface area contributed by atoms with E-state index in [-0.39, 0.29) is 12.1 Å². The van der Waals surface area contributed by atoms with Gasteiger partial charge in [0.05, 0.1) is 12.4 Å². The minimum atomic E-state index is -0.132. The standard InChI is InChI=1S/C21H21N5O2/c27-21(24-20-11-15-4-9-25(20)10-5-15)18-13-16-12-17(28-19(16)14-22-18)3-1-7-26-8-2-6-23-26/h2,6,8,12-15,20H,4-5,7,9-11H2,(H,24,27). The Morgan fingerprint density at radius 2 is 2.21 bits per heavy atom. The molecule has 0 saturated carbocycles. The Labute approximate surface area is 162 Å². The maximum absolute atomic E-state index is 12.7. The molecule has 0 spiro atoms. The van der Waals surface area contributed by atoms with Crippen molar-refractivity contribution in [3.05, 3.63) is 48.2 Å². The molecule has 3 aromatic heterocycles. The van der Waals surface area contributed by atoms with Gasteiger partial charge in [0.1, 0.15) is 12.2 Å². The largest absolute Gasteiger partial charge is 0.446 e. The SMILES string of the molecule is O=C(NC1CC2CCN1CC2)c1cc2cc(C#CCn3cccn3)oc2cn1. The van der Waals surface area contributed by atoms with Crippen LogP contribution in [0.2, 0.25) is 0 Å². The van der Waals surface area contributed by atoms with Gasteiger partial charge in [0, 0.05) is 36.9 Å². The lowest BCUT2D eigenvalue weighted by Crippen LogP contribution is -2.56. The van der Waals surface area contributed by atoms with E-state index in [1.165, 1.54) is 12.8 Å². The quantitative estimate of drug-likeness (QED) is 0.711. The molecule has 7 nitrogen and oxygen atoms in total. The number of carbonyl (C=O) groups excluding carboxylic acids is 1. The molecule has 3 aliphatic heterocycles. The summed E-state index contributed by atoms with van der Waals surface area (Å²) in [6.45, 7) is 2.64. The van der Waals surface area contributed by atoms with Crippen LogP contribution in [0.25, 0.3) is 11.0 Å². The second kappa shape index (κ2) is 7.13. The summed E-state index contributed by atoms with van der Waals surface area (Å²) >= 11 is 0. The third-order valence-corrected chi connectivity index (χ3v) is 5.59. The first-order valence-electron chi connectivity index (χ1n) is 9.65. The summed E-state index contributed by atoms with van der Waals surface area (Å²) < 4.78 is 7.45. The number of nitrogens with zero attached hydrogens (tertiary/aromatic N) is 4. The van der Waals surface area contributed by atoms with Crippen molar-refractivity contribution in [2.75, 3.05) is 13.1 Å². The lowest BCUT2D eigenvalue weighted by Gasteiger charge is -2.45. The van der Waals surface area contributed by atoms with Crippen LogP contribution in [0.4, 0.5) is 0 Å². The van der Waals surface area contributed by atoms with Crippen LogP contribution in [-0.4, -0.2) is 44.8 Å². The zero-order chi connectivity index (χ0) is 18.9. The van der Waals surface area contributed by atoms with Gasteiger partial charge >= 0.3 is 0 Å². The number of nitrogens with one attached hydrogen (secondary N) is 1. The van der Waals surface area contributed by atoms with Gasteiger partial charge in [0.2, 0.25) is 0 Å². The highest BCUT2D eigenvalue weighted by Gasteiger charge is 2.34. The molecule has 0 aliphatic carbocycles. The molecular weight excluding hydrogens is 354 g/mol. The number of amides is 1. The molecule has 3 aliphatic rings. The summed E-state index contributed by atoms with van der Waals surface area (Å²) in [5.74, 6) is 7.17. The minimum Gasteiger partial charge on any atom is -0.446 e. The molecule has 2 bridgehead atoms. The highest BCUT2D eigenvalue weighted by Crippen LogP contribution is 2.30. The predicted octanol–water partition coefficient (Wildman–Crippen LogP) is 2.25. The molecule has 1 atom stereocenters. The first-order chi connectivity index (χ1) is 13.7. The van der Waals surface area contributed by atoms with Crippen molar-refractivity contribution >= 4 is 16.9 Å². The van der Waals surface area contributed by atoms with Crippen LogP contribution in [-0.2, 0) is 6.54 Å². The number of piperidine rings is 3. The maximum atomic E-state index is 12.7. The number of rotatable bonds is 3. The van der Waals surface area contributed by atoms with Gasteiger partial charge < -0.3 is 9.73 Å². The molecular formula is C21H21N5O2. The van der Waals surface area contributed by atoms with Gasteiger partial charge in [0.15, 0.2) is 11.3 Å². The van der Waals surface area contributed by atoms with Crippen molar-refractivity contribution in [1.29, 1.82) is 0 Å². The Morgan fingerprint density at radius 1 is 1.32 bits per heavy atom. The van der Waals surface area contributed by atoms with Crippen molar-refractivity contribution in [3.63, 3.8) is 0 Å². The Hall–Kier alpha value is -3.11. The Balaban J connectivity index is 1.29. The number of fused-ring (bicyclic) bond motifs is 4. The van der Waals surface area contributed by atoms with Gasteiger partial charge in [-0.05, 0) is 43.2 Å². The highest BCUT2D eigenvalue weighted by atomic mass is 16.3. The van der Waals surface area contributed by atoms with E-state index in [0.717, 1.165) is 30.8 Å². The van der Waals surface area contributed by atoms with Gasteiger partial charge in [-0.25, -0.2) is 4.98 Å². The number of aromatic nitrogens is 3. The summed E-state index contributed by atoms with van der Waals surface area (Å²) in [5, 5.41) is 8.08. The normalized spacial score (nSPS) is 23.4. The molecule has 6 heterocycles. The van der Waals surface area contributed by atoms with E-state index in [0.29, 0.717) is 23.6 Å². The Morgan fingerprint density at radius 3 is 2.96 bits per heavy atom. The molecule has 3 aromatic rings. The number of pyridine rings is 1. The average Bonchev–Trinajstić information content (AvgIpc) is 3.37. The molecule has 0 radical (unpaired) electrons. The van der Waals surface area contributed by atoms with Crippen molar-refractivity contribution in [2.45, 2.75) is 32.0 Å². The monoisotopic (exact) mass is 375 g/mol. The van der Waals surface area contributed by atoms with Crippen molar-refractivity contribution in [3.8, 4) is 11.8 Å². The van der Waals surface area contributed by atoms with Crippen LogP contribution in [0.1, 0.15) is 35.5 Å². The van der Waals surface area contributed by atoms with Crippen LogP contribution < -0.4 is 5.32 Å². The van der Waals surface area contributed by atoms with E-state index in [9.17, 15) is 4.79 Å². The maximum Gasteiger partial charge on any atom is 0.271 e.